The smallest absolute Gasteiger partial charge is 0.197 e. The fraction of sp³-hybridized carbons (Fsp3) is 0.667. The van der Waals surface area contributed by atoms with Crippen molar-refractivity contribution in [2.45, 2.75) is 82.4 Å². The van der Waals surface area contributed by atoms with Crippen LogP contribution in [0.4, 0.5) is 0 Å². The van der Waals surface area contributed by atoms with Gasteiger partial charge in [0, 0.05) is 0 Å². The summed E-state index contributed by atoms with van der Waals surface area (Å²) in [5.41, 5.74) is 0.789. The van der Waals surface area contributed by atoms with E-state index >= 15 is 0 Å². The van der Waals surface area contributed by atoms with Crippen LogP contribution in [0.2, 0.25) is 0 Å². The van der Waals surface area contributed by atoms with Gasteiger partial charge in [-0.2, -0.15) is 18.6 Å². The summed E-state index contributed by atoms with van der Waals surface area (Å²) in [5.74, 6) is 4.87. The second-order valence-electron chi connectivity index (χ2n) is 6.09. The predicted molar refractivity (Wildman–Crippen MR) is 94.4 cm³/mol. The molecule has 0 saturated heterocycles. The zero-order chi connectivity index (χ0) is 17.0. The van der Waals surface area contributed by atoms with E-state index in [1.165, 1.54) is 51.4 Å². The maximum Gasteiger partial charge on any atom is 0.312 e. The molecule has 23 heavy (non-hydrogen) atoms. The zero-order valence-electron chi connectivity index (χ0n) is 14.3. The molecule has 1 aromatic rings. The first-order chi connectivity index (χ1) is 11.1. The van der Waals surface area contributed by atoms with Gasteiger partial charge < -0.3 is 0 Å². The minimum Gasteiger partial charge on any atom is -0.197 e. The Morgan fingerprint density at radius 1 is 0.870 bits per heavy atom. The molecule has 5 heteroatoms. The van der Waals surface area contributed by atoms with Crippen molar-refractivity contribution in [1.29, 1.82) is 0 Å². The molecule has 0 bridgehead atoms. The lowest BCUT2D eigenvalue weighted by atomic mass is 10.0. The van der Waals surface area contributed by atoms with Crippen molar-refractivity contribution in [2.75, 3.05) is 0 Å². The Labute approximate surface area is 141 Å². The van der Waals surface area contributed by atoms with Crippen molar-refractivity contribution in [3.63, 3.8) is 0 Å². The van der Waals surface area contributed by atoms with E-state index in [0.717, 1.165) is 24.8 Å². The summed E-state index contributed by atoms with van der Waals surface area (Å²) in [5, 5.41) is 0. The second kappa shape index (κ2) is 11.6. The lowest BCUT2D eigenvalue weighted by Crippen LogP contribution is -2.13. The molecule has 0 fully saturated rings. The molecule has 1 aromatic carbocycles. The topological polar surface area (TPSA) is 69.4 Å². The van der Waals surface area contributed by atoms with Gasteiger partial charge in [0.2, 0.25) is 0 Å². The molecule has 0 saturated carbocycles. The first-order valence-corrected chi connectivity index (χ1v) is 10.2. The van der Waals surface area contributed by atoms with Gasteiger partial charge in [-0.3, -0.25) is 0 Å². The summed E-state index contributed by atoms with van der Waals surface area (Å²) in [6.07, 6.45) is 13.4. The van der Waals surface area contributed by atoms with Gasteiger partial charge in [-0.1, -0.05) is 82.9 Å². The second-order valence-corrected chi connectivity index (χ2v) is 7.63. The summed E-state index contributed by atoms with van der Waals surface area (Å²) in [4.78, 5) is 0.193. The standard InChI is InChI=1S/C18H31NO3S/c1-2-3-4-5-6-7-8-9-10-11-14-17-15-12-13-16-18(17)23(20,21)22-19/h12-13,15-16H,2-11,14,19H2,1H3. The molecule has 0 amide bonds. The number of aryl methyl sites for hydroxylation is 1. The Hall–Kier alpha value is -0.910. The first-order valence-electron chi connectivity index (χ1n) is 8.83. The molecule has 0 unspecified atom stereocenters. The van der Waals surface area contributed by atoms with Crippen LogP contribution in [0.3, 0.4) is 0 Å². The van der Waals surface area contributed by atoms with E-state index in [-0.39, 0.29) is 4.90 Å². The number of hydrogen-bond acceptors (Lipinski definition) is 4. The molecular weight excluding hydrogens is 310 g/mol. The van der Waals surface area contributed by atoms with Crippen molar-refractivity contribution in [3.8, 4) is 0 Å². The summed E-state index contributed by atoms with van der Waals surface area (Å²) in [6, 6.07) is 6.92. The largest absolute Gasteiger partial charge is 0.312 e. The van der Waals surface area contributed by atoms with E-state index in [4.69, 9.17) is 5.90 Å². The molecule has 0 aliphatic rings. The highest BCUT2D eigenvalue weighted by atomic mass is 32.2. The maximum atomic E-state index is 11.8. The quantitative estimate of drug-likeness (QED) is 0.416. The van der Waals surface area contributed by atoms with Gasteiger partial charge >= 0.3 is 10.1 Å². The molecule has 4 nitrogen and oxygen atoms in total. The Morgan fingerprint density at radius 3 is 1.96 bits per heavy atom. The predicted octanol–water partition coefficient (Wildman–Crippen LogP) is 4.73. The summed E-state index contributed by atoms with van der Waals surface area (Å²) < 4.78 is 27.6. The van der Waals surface area contributed by atoms with E-state index < -0.39 is 10.1 Å². The number of benzene rings is 1. The lowest BCUT2D eigenvalue weighted by molar-refractivity contribution is 0.332. The van der Waals surface area contributed by atoms with E-state index in [1.807, 2.05) is 12.1 Å². The van der Waals surface area contributed by atoms with Crippen LogP contribution in [0.25, 0.3) is 0 Å². The van der Waals surface area contributed by atoms with E-state index in [0.29, 0.717) is 0 Å². The van der Waals surface area contributed by atoms with Crippen LogP contribution < -0.4 is 5.90 Å². The lowest BCUT2D eigenvalue weighted by Gasteiger charge is -2.08. The monoisotopic (exact) mass is 341 g/mol. The minimum absolute atomic E-state index is 0.193. The third-order valence-electron chi connectivity index (χ3n) is 4.17. The highest BCUT2D eigenvalue weighted by Gasteiger charge is 2.17. The van der Waals surface area contributed by atoms with E-state index in [2.05, 4.69) is 11.2 Å². The number of hydrogen-bond donors (Lipinski definition) is 1. The molecule has 0 aliphatic carbocycles. The molecular formula is C18H31NO3S. The van der Waals surface area contributed by atoms with Crippen LogP contribution in [-0.2, 0) is 20.8 Å². The van der Waals surface area contributed by atoms with Crippen molar-refractivity contribution in [2.24, 2.45) is 5.90 Å². The SMILES string of the molecule is CCCCCCCCCCCCc1ccccc1S(=O)(=O)ON. The highest BCUT2D eigenvalue weighted by molar-refractivity contribution is 7.86. The van der Waals surface area contributed by atoms with E-state index in [9.17, 15) is 8.42 Å². The van der Waals surface area contributed by atoms with Crippen LogP contribution >= 0.6 is 0 Å². The van der Waals surface area contributed by atoms with Crippen molar-refractivity contribution < 1.29 is 12.7 Å². The molecule has 132 valence electrons. The molecule has 0 aliphatic heterocycles. The van der Waals surface area contributed by atoms with Crippen LogP contribution in [0.1, 0.15) is 76.7 Å². The molecule has 0 spiro atoms. The molecule has 0 atom stereocenters. The fourth-order valence-corrected chi connectivity index (χ4v) is 3.65. The van der Waals surface area contributed by atoms with Gasteiger partial charge in [-0.05, 0) is 24.5 Å². The Morgan fingerprint density at radius 2 is 1.39 bits per heavy atom. The third kappa shape index (κ3) is 7.95. The van der Waals surface area contributed by atoms with Gasteiger partial charge in [0.25, 0.3) is 0 Å². The van der Waals surface area contributed by atoms with Gasteiger partial charge in [0.1, 0.15) is 0 Å². The Bertz CT molecular complexity index is 529. The van der Waals surface area contributed by atoms with Crippen molar-refractivity contribution in [3.05, 3.63) is 29.8 Å². The molecule has 0 aromatic heterocycles. The van der Waals surface area contributed by atoms with Crippen LogP contribution in [0.15, 0.2) is 29.2 Å². The third-order valence-corrected chi connectivity index (χ3v) is 5.36. The minimum atomic E-state index is -3.81. The molecule has 2 N–H and O–H groups in total. The van der Waals surface area contributed by atoms with Gasteiger partial charge in [0.05, 0.1) is 4.90 Å². The molecule has 1 rings (SSSR count). The van der Waals surface area contributed by atoms with Crippen molar-refractivity contribution in [1.82, 2.24) is 0 Å². The average Bonchev–Trinajstić information content (AvgIpc) is 2.57. The maximum absolute atomic E-state index is 11.8. The van der Waals surface area contributed by atoms with Gasteiger partial charge in [-0.25, -0.2) is 0 Å². The van der Waals surface area contributed by atoms with E-state index in [1.54, 1.807) is 12.1 Å². The number of unbranched alkanes of at least 4 members (excludes halogenated alkanes) is 9. The number of rotatable bonds is 13. The van der Waals surface area contributed by atoms with Crippen molar-refractivity contribution >= 4 is 10.1 Å². The van der Waals surface area contributed by atoms with Crippen LogP contribution in [0.5, 0.6) is 0 Å². The zero-order valence-corrected chi connectivity index (χ0v) is 15.1. The van der Waals surface area contributed by atoms with Crippen LogP contribution in [0, 0.1) is 0 Å². The highest BCUT2D eigenvalue weighted by Crippen LogP contribution is 2.19. The number of nitrogens with two attached hydrogens (primary N) is 1. The Balaban J connectivity index is 2.22. The Kier molecular flexibility index (Phi) is 10.2. The molecule has 0 radical (unpaired) electrons. The molecule has 0 heterocycles. The van der Waals surface area contributed by atoms with Crippen LogP contribution in [-0.4, -0.2) is 8.42 Å². The normalized spacial score (nSPS) is 11.7. The summed E-state index contributed by atoms with van der Waals surface area (Å²) in [6.45, 7) is 2.24. The summed E-state index contributed by atoms with van der Waals surface area (Å²) in [7, 11) is -3.81. The average molecular weight is 342 g/mol. The first kappa shape index (κ1) is 20.1. The fourth-order valence-electron chi connectivity index (χ4n) is 2.81. The summed E-state index contributed by atoms with van der Waals surface area (Å²) >= 11 is 0. The van der Waals surface area contributed by atoms with Gasteiger partial charge in [-0.15, -0.1) is 0 Å². The van der Waals surface area contributed by atoms with Gasteiger partial charge in [0.15, 0.2) is 0 Å².